The van der Waals surface area contributed by atoms with E-state index in [0.29, 0.717) is 0 Å². The highest BCUT2D eigenvalue weighted by Crippen LogP contribution is 2.22. The van der Waals surface area contributed by atoms with Crippen molar-refractivity contribution in [3.63, 3.8) is 0 Å². The van der Waals surface area contributed by atoms with Crippen LogP contribution in [0, 0.1) is 13.8 Å². The zero-order valence-corrected chi connectivity index (χ0v) is 9.77. The molecule has 1 aromatic carbocycles. The van der Waals surface area contributed by atoms with E-state index in [1.807, 2.05) is 38.1 Å². The van der Waals surface area contributed by atoms with Crippen molar-refractivity contribution in [2.24, 2.45) is 0 Å². The second-order valence-electron chi connectivity index (χ2n) is 4.00. The summed E-state index contributed by atoms with van der Waals surface area (Å²) in [6.07, 6.45) is 2.76. The highest BCUT2D eigenvalue weighted by atomic mass is 16.4. The van der Waals surface area contributed by atoms with Gasteiger partial charge in [-0.15, -0.1) is 0 Å². The molecular weight excluding hydrogens is 214 g/mol. The molecule has 0 aliphatic rings. The fourth-order valence-electron chi connectivity index (χ4n) is 1.85. The van der Waals surface area contributed by atoms with Gasteiger partial charge in [0.05, 0.1) is 5.52 Å². The molecule has 1 N–H and O–H groups in total. The maximum atomic E-state index is 10.6. The van der Waals surface area contributed by atoms with Gasteiger partial charge in [-0.25, -0.2) is 4.79 Å². The van der Waals surface area contributed by atoms with E-state index >= 15 is 0 Å². The van der Waals surface area contributed by atoms with Crippen molar-refractivity contribution in [1.29, 1.82) is 0 Å². The maximum Gasteiger partial charge on any atom is 0.328 e. The van der Waals surface area contributed by atoms with Crippen LogP contribution in [0.15, 0.2) is 30.3 Å². The Bertz CT molecular complexity index is 615. The van der Waals surface area contributed by atoms with Crippen LogP contribution in [0.25, 0.3) is 17.0 Å². The third-order valence-corrected chi connectivity index (χ3v) is 2.61. The lowest BCUT2D eigenvalue weighted by Gasteiger charge is -2.06. The van der Waals surface area contributed by atoms with Gasteiger partial charge in [-0.2, -0.15) is 0 Å². The van der Waals surface area contributed by atoms with Crippen LogP contribution < -0.4 is 0 Å². The zero-order valence-electron chi connectivity index (χ0n) is 9.77. The molecule has 1 aromatic heterocycles. The smallest absolute Gasteiger partial charge is 0.328 e. The Morgan fingerprint density at radius 1 is 1.35 bits per heavy atom. The second-order valence-corrected chi connectivity index (χ2v) is 4.00. The average molecular weight is 227 g/mol. The second kappa shape index (κ2) is 4.37. The summed E-state index contributed by atoms with van der Waals surface area (Å²) in [5, 5.41) is 9.65. The van der Waals surface area contributed by atoms with Crippen LogP contribution in [-0.2, 0) is 4.79 Å². The van der Waals surface area contributed by atoms with Gasteiger partial charge in [-0.05, 0) is 37.1 Å². The van der Waals surface area contributed by atoms with Crippen molar-refractivity contribution in [2.75, 3.05) is 0 Å². The number of pyridine rings is 1. The number of aromatic nitrogens is 1. The fraction of sp³-hybridized carbons (Fsp3) is 0.143. The molecule has 0 amide bonds. The molecule has 0 bridgehead atoms. The molecule has 2 rings (SSSR count). The van der Waals surface area contributed by atoms with E-state index in [-0.39, 0.29) is 0 Å². The van der Waals surface area contributed by atoms with E-state index in [4.69, 9.17) is 5.11 Å². The molecule has 17 heavy (non-hydrogen) atoms. The summed E-state index contributed by atoms with van der Waals surface area (Å²) in [5.41, 5.74) is 3.80. The minimum absolute atomic E-state index is 0.886. The van der Waals surface area contributed by atoms with E-state index < -0.39 is 5.97 Å². The zero-order chi connectivity index (χ0) is 12.4. The quantitative estimate of drug-likeness (QED) is 0.802. The molecule has 2 aromatic rings. The van der Waals surface area contributed by atoms with Gasteiger partial charge in [0, 0.05) is 17.2 Å². The number of carboxylic acids is 1. The van der Waals surface area contributed by atoms with E-state index in [2.05, 4.69) is 4.98 Å². The first-order chi connectivity index (χ1) is 8.08. The van der Waals surface area contributed by atoms with Crippen LogP contribution in [-0.4, -0.2) is 16.1 Å². The van der Waals surface area contributed by atoms with E-state index in [0.717, 1.165) is 33.8 Å². The summed E-state index contributed by atoms with van der Waals surface area (Å²) in [6, 6.07) is 7.80. The Balaban J connectivity index is 2.70. The van der Waals surface area contributed by atoms with Gasteiger partial charge in [-0.1, -0.05) is 18.2 Å². The molecule has 0 saturated heterocycles. The number of fused-ring (bicyclic) bond motifs is 1. The lowest BCUT2D eigenvalue weighted by atomic mass is 10.0. The van der Waals surface area contributed by atoms with Gasteiger partial charge in [0.1, 0.15) is 0 Å². The minimum Gasteiger partial charge on any atom is -0.478 e. The Labute approximate surface area is 99.4 Å². The first-order valence-corrected chi connectivity index (χ1v) is 5.36. The molecule has 0 unspecified atom stereocenters. The summed E-state index contributed by atoms with van der Waals surface area (Å²) < 4.78 is 0. The molecule has 0 atom stereocenters. The molecule has 0 spiro atoms. The van der Waals surface area contributed by atoms with Crippen LogP contribution in [0.3, 0.4) is 0 Å². The van der Waals surface area contributed by atoms with Gasteiger partial charge >= 0.3 is 5.97 Å². The average Bonchev–Trinajstić information content (AvgIpc) is 2.27. The van der Waals surface area contributed by atoms with Crippen molar-refractivity contribution >= 4 is 22.9 Å². The van der Waals surface area contributed by atoms with Crippen molar-refractivity contribution in [3.05, 3.63) is 47.2 Å². The molecule has 86 valence electrons. The standard InChI is InChI=1S/C14H13NO2/c1-9-4-3-5-12-11(6-7-13(16)17)8-10(2)15-14(9)12/h3-8H,1-2H3,(H,16,17)/b7-6+. The van der Waals surface area contributed by atoms with Crippen LogP contribution in [0.1, 0.15) is 16.8 Å². The van der Waals surface area contributed by atoms with Crippen LogP contribution in [0.5, 0.6) is 0 Å². The molecule has 0 saturated carbocycles. The minimum atomic E-state index is -0.944. The summed E-state index contributed by atoms with van der Waals surface area (Å²) in [4.78, 5) is 15.0. The van der Waals surface area contributed by atoms with Crippen LogP contribution in [0.4, 0.5) is 0 Å². The molecule has 1 heterocycles. The molecule has 0 aliphatic carbocycles. The maximum absolute atomic E-state index is 10.6. The van der Waals surface area contributed by atoms with Gasteiger partial charge < -0.3 is 5.11 Å². The highest BCUT2D eigenvalue weighted by Gasteiger charge is 2.03. The number of aryl methyl sites for hydroxylation is 2. The summed E-state index contributed by atoms with van der Waals surface area (Å²) in [7, 11) is 0. The van der Waals surface area contributed by atoms with E-state index in [9.17, 15) is 4.79 Å². The van der Waals surface area contributed by atoms with E-state index in [1.165, 1.54) is 0 Å². The topological polar surface area (TPSA) is 50.2 Å². The lowest BCUT2D eigenvalue weighted by Crippen LogP contribution is -1.91. The van der Waals surface area contributed by atoms with Crippen LogP contribution >= 0.6 is 0 Å². The Morgan fingerprint density at radius 3 is 2.82 bits per heavy atom. The number of benzene rings is 1. The predicted molar refractivity (Wildman–Crippen MR) is 67.9 cm³/mol. The predicted octanol–water partition coefficient (Wildman–Crippen LogP) is 2.95. The van der Waals surface area contributed by atoms with Gasteiger partial charge in [0.25, 0.3) is 0 Å². The Hall–Kier alpha value is -2.16. The molecular formula is C14H13NO2. The number of rotatable bonds is 2. The number of hydrogen-bond donors (Lipinski definition) is 1. The molecule has 3 nitrogen and oxygen atoms in total. The summed E-state index contributed by atoms with van der Waals surface area (Å²) in [6.45, 7) is 3.91. The normalized spacial score (nSPS) is 11.2. The largest absolute Gasteiger partial charge is 0.478 e. The third-order valence-electron chi connectivity index (χ3n) is 2.61. The fourth-order valence-corrected chi connectivity index (χ4v) is 1.85. The molecule has 3 heteroatoms. The molecule has 0 radical (unpaired) electrons. The van der Waals surface area contributed by atoms with Crippen molar-refractivity contribution < 1.29 is 9.90 Å². The van der Waals surface area contributed by atoms with Gasteiger partial charge in [-0.3, -0.25) is 4.98 Å². The number of hydrogen-bond acceptors (Lipinski definition) is 2. The highest BCUT2D eigenvalue weighted by molar-refractivity contribution is 5.93. The SMILES string of the molecule is Cc1cc(/C=C/C(=O)O)c2cccc(C)c2n1. The summed E-state index contributed by atoms with van der Waals surface area (Å²) in [5.74, 6) is -0.944. The number of carboxylic acid groups (broad SMARTS) is 1. The summed E-state index contributed by atoms with van der Waals surface area (Å²) >= 11 is 0. The van der Waals surface area contributed by atoms with Gasteiger partial charge in [0.15, 0.2) is 0 Å². The lowest BCUT2D eigenvalue weighted by molar-refractivity contribution is -0.131. The first-order valence-electron chi connectivity index (χ1n) is 5.36. The molecule has 0 aliphatic heterocycles. The van der Waals surface area contributed by atoms with Crippen molar-refractivity contribution in [3.8, 4) is 0 Å². The van der Waals surface area contributed by atoms with Gasteiger partial charge in [0.2, 0.25) is 0 Å². The van der Waals surface area contributed by atoms with Crippen molar-refractivity contribution in [1.82, 2.24) is 4.98 Å². The third kappa shape index (κ3) is 2.33. The van der Waals surface area contributed by atoms with E-state index in [1.54, 1.807) is 6.08 Å². The monoisotopic (exact) mass is 227 g/mol. The molecule has 0 fully saturated rings. The number of nitrogens with zero attached hydrogens (tertiary/aromatic N) is 1. The Morgan fingerprint density at radius 2 is 2.12 bits per heavy atom. The van der Waals surface area contributed by atoms with Crippen molar-refractivity contribution in [2.45, 2.75) is 13.8 Å². The number of para-hydroxylation sites is 1. The number of aliphatic carboxylic acids is 1. The van der Waals surface area contributed by atoms with Crippen LogP contribution in [0.2, 0.25) is 0 Å². The number of carbonyl (C=O) groups is 1. The Kier molecular flexibility index (Phi) is 2.91. The first kappa shape index (κ1) is 11.3.